The van der Waals surface area contributed by atoms with Crippen LogP contribution in [0.1, 0.15) is 54.5 Å². The smallest absolute Gasteiger partial charge is 0.348 e. The minimum Gasteiger partial charge on any atom is -0.467 e. The van der Waals surface area contributed by atoms with E-state index in [1.165, 1.54) is 24.3 Å². The molecule has 2 aromatic rings. The zero-order chi connectivity index (χ0) is 22.2. The maximum Gasteiger partial charge on any atom is 0.348 e. The molecule has 3 rings (SSSR count). The van der Waals surface area contributed by atoms with Crippen molar-refractivity contribution in [2.75, 3.05) is 13.7 Å². The molecule has 0 saturated carbocycles. The minimum atomic E-state index is -0.819. The summed E-state index contributed by atoms with van der Waals surface area (Å²) in [6, 6.07) is 5.76. The standard InChI is InChI=1S/C22H27N3O6/c1-3-4-5-7-16-9-10-18(22(28)31-16)21(27)25-14-15(24-29-2)12-19(25)20(26)23-13-17-8-6-11-30-17/h6,8-11,19H,3-5,7,12-14H2,1-2H3,(H,23,26)/b24-15-/t19-/m0/s1. The number of hydrogen-bond acceptors (Lipinski definition) is 7. The Morgan fingerprint density at radius 3 is 2.77 bits per heavy atom. The molecule has 0 bridgehead atoms. The number of nitrogens with one attached hydrogen (secondary N) is 1. The maximum absolute atomic E-state index is 13.1. The van der Waals surface area contributed by atoms with Gasteiger partial charge >= 0.3 is 5.63 Å². The molecule has 2 amide bonds. The minimum absolute atomic E-state index is 0.0865. The predicted molar refractivity (Wildman–Crippen MR) is 113 cm³/mol. The topological polar surface area (TPSA) is 114 Å². The lowest BCUT2D eigenvalue weighted by molar-refractivity contribution is -0.125. The molecule has 2 aromatic heterocycles. The van der Waals surface area contributed by atoms with Crippen LogP contribution >= 0.6 is 0 Å². The number of hydrogen-bond donors (Lipinski definition) is 1. The Hall–Kier alpha value is -3.36. The Morgan fingerprint density at radius 1 is 1.26 bits per heavy atom. The van der Waals surface area contributed by atoms with Gasteiger partial charge in [0, 0.05) is 12.8 Å². The van der Waals surface area contributed by atoms with E-state index >= 15 is 0 Å². The lowest BCUT2D eigenvalue weighted by atomic mass is 10.1. The first kappa shape index (κ1) is 22.3. The zero-order valence-corrected chi connectivity index (χ0v) is 17.8. The highest BCUT2D eigenvalue weighted by Crippen LogP contribution is 2.19. The van der Waals surface area contributed by atoms with Crippen molar-refractivity contribution >= 4 is 17.5 Å². The van der Waals surface area contributed by atoms with Gasteiger partial charge in [0.25, 0.3) is 5.91 Å². The summed E-state index contributed by atoms with van der Waals surface area (Å²) < 4.78 is 10.6. The van der Waals surface area contributed by atoms with E-state index in [2.05, 4.69) is 17.4 Å². The summed E-state index contributed by atoms with van der Waals surface area (Å²) in [7, 11) is 1.40. The van der Waals surface area contributed by atoms with Gasteiger partial charge in [-0.1, -0.05) is 24.9 Å². The number of aryl methyl sites for hydroxylation is 1. The van der Waals surface area contributed by atoms with Crippen LogP contribution in [-0.2, 0) is 22.6 Å². The molecule has 31 heavy (non-hydrogen) atoms. The van der Waals surface area contributed by atoms with Crippen LogP contribution in [-0.4, -0.2) is 42.1 Å². The van der Waals surface area contributed by atoms with Crippen LogP contribution in [0, 0.1) is 0 Å². The molecule has 1 fully saturated rings. The summed E-state index contributed by atoms with van der Waals surface area (Å²) in [5.41, 5.74) is -0.276. The van der Waals surface area contributed by atoms with Gasteiger partial charge in [0.2, 0.25) is 5.91 Å². The van der Waals surface area contributed by atoms with E-state index in [4.69, 9.17) is 13.7 Å². The number of oxime groups is 1. The van der Waals surface area contributed by atoms with Crippen LogP contribution in [0.2, 0.25) is 0 Å². The highest BCUT2D eigenvalue weighted by molar-refractivity contribution is 6.05. The molecule has 9 nitrogen and oxygen atoms in total. The Bertz CT molecular complexity index is 979. The number of unbranched alkanes of at least 4 members (excludes halogenated alkanes) is 2. The van der Waals surface area contributed by atoms with Crippen LogP contribution in [0.3, 0.4) is 0 Å². The Kier molecular flexibility index (Phi) is 7.64. The second-order valence-electron chi connectivity index (χ2n) is 7.35. The first-order valence-electron chi connectivity index (χ1n) is 10.4. The molecule has 0 aliphatic carbocycles. The van der Waals surface area contributed by atoms with Crippen LogP contribution in [0.5, 0.6) is 0 Å². The van der Waals surface area contributed by atoms with Crippen molar-refractivity contribution in [2.45, 2.75) is 51.6 Å². The van der Waals surface area contributed by atoms with Crippen LogP contribution in [0.4, 0.5) is 0 Å². The van der Waals surface area contributed by atoms with Gasteiger partial charge in [-0.3, -0.25) is 9.59 Å². The average Bonchev–Trinajstić information content (AvgIpc) is 3.42. The van der Waals surface area contributed by atoms with Gasteiger partial charge in [0.15, 0.2) is 0 Å². The molecule has 9 heteroatoms. The van der Waals surface area contributed by atoms with E-state index in [0.29, 0.717) is 23.7 Å². The zero-order valence-electron chi connectivity index (χ0n) is 17.8. The molecule has 0 radical (unpaired) electrons. The fourth-order valence-electron chi connectivity index (χ4n) is 3.50. The number of likely N-dealkylation sites (tertiary alicyclic amines) is 1. The normalized spacial score (nSPS) is 17.2. The Labute approximate surface area is 180 Å². The first-order chi connectivity index (χ1) is 15.0. The highest BCUT2D eigenvalue weighted by Gasteiger charge is 2.39. The molecule has 0 spiro atoms. The molecular weight excluding hydrogens is 402 g/mol. The van der Waals surface area contributed by atoms with E-state index < -0.39 is 17.6 Å². The monoisotopic (exact) mass is 429 g/mol. The summed E-state index contributed by atoms with van der Waals surface area (Å²) in [4.78, 5) is 44.5. The van der Waals surface area contributed by atoms with Crippen LogP contribution in [0.25, 0.3) is 0 Å². The number of nitrogens with zero attached hydrogens (tertiary/aromatic N) is 2. The molecule has 0 aromatic carbocycles. The molecule has 0 unspecified atom stereocenters. The van der Waals surface area contributed by atoms with Crippen molar-refractivity contribution in [3.63, 3.8) is 0 Å². The highest BCUT2D eigenvalue weighted by atomic mass is 16.6. The van der Waals surface area contributed by atoms with Crippen LogP contribution in [0.15, 0.2) is 49.3 Å². The van der Waals surface area contributed by atoms with E-state index in [-0.39, 0.29) is 31.0 Å². The van der Waals surface area contributed by atoms with Crippen molar-refractivity contribution in [3.8, 4) is 0 Å². The molecule has 1 aliphatic heterocycles. The lowest BCUT2D eigenvalue weighted by Crippen LogP contribution is -2.46. The van der Waals surface area contributed by atoms with Gasteiger partial charge in [-0.25, -0.2) is 4.79 Å². The number of amides is 2. The van der Waals surface area contributed by atoms with Gasteiger partial charge in [0.05, 0.1) is 25.1 Å². The van der Waals surface area contributed by atoms with Gasteiger partial charge in [-0.2, -0.15) is 0 Å². The quantitative estimate of drug-likeness (QED) is 0.484. The fraction of sp³-hybridized carbons (Fsp3) is 0.455. The third kappa shape index (κ3) is 5.62. The van der Waals surface area contributed by atoms with Crippen molar-refractivity contribution in [3.05, 3.63) is 58.0 Å². The fourth-order valence-corrected chi connectivity index (χ4v) is 3.50. The second kappa shape index (κ2) is 10.6. The third-order valence-electron chi connectivity index (χ3n) is 5.10. The van der Waals surface area contributed by atoms with Crippen molar-refractivity contribution in [2.24, 2.45) is 5.16 Å². The van der Waals surface area contributed by atoms with Crippen molar-refractivity contribution in [1.29, 1.82) is 0 Å². The number of carbonyl (C=O) groups excluding carboxylic acids is 2. The largest absolute Gasteiger partial charge is 0.467 e. The van der Waals surface area contributed by atoms with E-state index in [9.17, 15) is 14.4 Å². The molecule has 166 valence electrons. The summed E-state index contributed by atoms with van der Waals surface area (Å²) in [6.07, 6.45) is 5.38. The lowest BCUT2D eigenvalue weighted by Gasteiger charge is -2.22. The molecule has 1 atom stereocenters. The number of carbonyl (C=O) groups is 2. The van der Waals surface area contributed by atoms with E-state index in [0.717, 1.165) is 19.3 Å². The summed E-state index contributed by atoms with van der Waals surface area (Å²) in [5, 5.41) is 6.65. The maximum atomic E-state index is 13.1. The van der Waals surface area contributed by atoms with Gasteiger partial charge in [0.1, 0.15) is 30.2 Å². The summed E-state index contributed by atoms with van der Waals surface area (Å²) in [5.74, 6) is 0.194. The second-order valence-corrected chi connectivity index (χ2v) is 7.35. The number of rotatable bonds is 9. The molecular formula is C22H27N3O6. The third-order valence-corrected chi connectivity index (χ3v) is 5.10. The molecule has 1 aliphatic rings. The van der Waals surface area contributed by atoms with Crippen LogP contribution < -0.4 is 10.9 Å². The molecule has 1 saturated heterocycles. The Balaban J connectivity index is 1.75. The van der Waals surface area contributed by atoms with E-state index in [1.807, 2.05) is 0 Å². The number of furan rings is 1. The SMILES string of the molecule is CCCCCc1ccc(C(=O)N2C/C(=N\OC)C[C@H]2C(=O)NCc2ccco2)c(=O)o1. The predicted octanol–water partition coefficient (Wildman–Crippen LogP) is 2.50. The first-order valence-corrected chi connectivity index (χ1v) is 10.4. The van der Waals surface area contributed by atoms with Gasteiger partial charge < -0.3 is 23.9 Å². The summed E-state index contributed by atoms with van der Waals surface area (Å²) >= 11 is 0. The van der Waals surface area contributed by atoms with Gasteiger partial charge in [-0.15, -0.1) is 0 Å². The van der Waals surface area contributed by atoms with E-state index in [1.54, 1.807) is 18.2 Å². The molecule has 1 N–H and O–H groups in total. The van der Waals surface area contributed by atoms with Gasteiger partial charge in [-0.05, 0) is 30.7 Å². The molecule has 3 heterocycles. The van der Waals surface area contributed by atoms with Crippen molar-refractivity contribution < 1.29 is 23.3 Å². The Morgan fingerprint density at radius 2 is 2.10 bits per heavy atom. The van der Waals surface area contributed by atoms with Crippen molar-refractivity contribution in [1.82, 2.24) is 10.2 Å². The summed E-state index contributed by atoms with van der Waals surface area (Å²) in [6.45, 7) is 2.37. The average molecular weight is 429 g/mol.